The van der Waals surface area contributed by atoms with Gasteiger partial charge >= 0.3 is 0 Å². The molecule has 3 heteroatoms. The van der Waals surface area contributed by atoms with E-state index in [1.807, 2.05) is 12.1 Å². The van der Waals surface area contributed by atoms with E-state index in [-0.39, 0.29) is 5.92 Å². The van der Waals surface area contributed by atoms with Crippen molar-refractivity contribution in [2.24, 2.45) is 5.92 Å². The first kappa shape index (κ1) is 11.4. The molecule has 0 radical (unpaired) electrons. The summed E-state index contributed by atoms with van der Waals surface area (Å²) >= 11 is 0. The summed E-state index contributed by atoms with van der Waals surface area (Å²) in [6.07, 6.45) is 1.78. The van der Waals surface area contributed by atoms with Crippen molar-refractivity contribution in [2.75, 3.05) is 18.8 Å². The predicted molar refractivity (Wildman–Crippen MR) is 64.9 cm³/mol. The van der Waals surface area contributed by atoms with E-state index in [4.69, 9.17) is 5.73 Å². The molecule has 2 rings (SSSR count). The van der Waals surface area contributed by atoms with Crippen LogP contribution < -0.4 is 11.1 Å². The van der Waals surface area contributed by atoms with Crippen LogP contribution in [0.5, 0.6) is 0 Å². The monoisotopic (exact) mass is 222 g/mol. The number of nitrogen functional groups attached to an aromatic ring is 1. The molecule has 0 spiro atoms. The Kier molecular flexibility index (Phi) is 3.15. The lowest BCUT2D eigenvalue weighted by molar-refractivity contribution is 0.0774. The second kappa shape index (κ2) is 4.42. The highest BCUT2D eigenvalue weighted by atomic mass is 19.1. The van der Waals surface area contributed by atoms with Gasteiger partial charge in [0.2, 0.25) is 0 Å². The van der Waals surface area contributed by atoms with Crippen LogP contribution in [0.15, 0.2) is 24.3 Å². The second-order valence-electron chi connectivity index (χ2n) is 4.73. The fraction of sp³-hybridized carbons (Fsp3) is 0.538. The number of anilines is 1. The van der Waals surface area contributed by atoms with Gasteiger partial charge in [0.1, 0.15) is 5.67 Å². The third-order valence-electron chi connectivity index (χ3n) is 3.56. The van der Waals surface area contributed by atoms with Crippen molar-refractivity contribution < 1.29 is 4.39 Å². The Balaban J connectivity index is 2.22. The van der Waals surface area contributed by atoms with E-state index in [9.17, 15) is 4.39 Å². The van der Waals surface area contributed by atoms with Crippen molar-refractivity contribution in [3.8, 4) is 0 Å². The molecule has 2 nitrogen and oxygen atoms in total. The maximum atomic E-state index is 14.8. The summed E-state index contributed by atoms with van der Waals surface area (Å²) in [5.41, 5.74) is 5.78. The van der Waals surface area contributed by atoms with Crippen molar-refractivity contribution in [3.63, 3.8) is 0 Å². The summed E-state index contributed by atoms with van der Waals surface area (Å²) in [6.45, 7) is 3.50. The van der Waals surface area contributed by atoms with Gasteiger partial charge < -0.3 is 11.1 Å². The number of nitrogens with two attached hydrogens (primary N) is 1. The van der Waals surface area contributed by atoms with Crippen LogP contribution in [0, 0.1) is 5.92 Å². The predicted octanol–water partition coefficient (Wildman–Crippen LogP) is 2.45. The molecule has 3 N–H and O–H groups in total. The molecule has 1 unspecified atom stereocenters. The Morgan fingerprint density at radius 3 is 2.69 bits per heavy atom. The molecule has 0 bridgehead atoms. The molecule has 1 aromatic carbocycles. The Morgan fingerprint density at radius 1 is 1.38 bits per heavy atom. The lowest BCUT2D eigenvalue weighted by atomic mass is 9.79. The van der Waals surface area contributed by atoms with Crippen molar-refractivity contribution in [2.45, 2.75) is 25.4 Å². The SMILES string of the molecule is CC(F)(c1cccc(N)c1)C1CCNCC1. The largest absolute Gasteiger partial charge is 0.399 e. The smallest absolute Gasteiger partial charge is 0.136 e. The van der Waals surface area contributed by atoms with Crippen LogP contribution in [0.3, 0.4) is 0 Å². The fourth-order valence-electron chi connectivity index (χ4n) is 2.44. The van der Waals surface area contributed by atoms with Gasteiger partial charge in [0.25, 0.3) is 0 Å². The Bertz CT molecular complexity index is 357. The summed E-state index contributed by atoms with van der Waals surface area (Å²) in [5, 5.41) is 3.26. The number of hydrogen-bond donors (Lipinski definition) is 2. The molecule has 1 aliphatic rings. The minimum atomic E-state index is -1.27. The summed E-state index contributed by atoms with van der Waals surface area (Å²) in [5.74, 6) is 0.0931. The molecule has 1 aromatic rings. The number of hydrogen-bond acceptors (Lipinski definition) is 2. The first-order valence-electron chi connectivity index (χ1n) is 5.86. The standard InChI is InChI=1S/C13H19FN2/c1-13(14,10-5-7-16-8-6-10)11-3-2-4-12(15)9-11/h2-4,9-10,16H,5-8,15H2,1H3. The average molecular weight is 222 g/mol. The zero-order valence-electron chi connectivity index (χ0n) is 9.67. The highest BCUT2D eigenvalue weighted by Crippen LogP contribution is 2.38. The third kappa shape index (κ3) is 2.19. The summed E-state index contributed by atoms with van der Waals surface area (Å²) in [6, 6.07) is 7.20. The zero-order valence-corrected chi connectivity index (χ0v) is 9.67. The van der Waals surface area contributed by atoms with Crippen LogP contribution in [-0.4, -0.2) is 13.1 Å². The van der Waals surface area contributed by atoms with Gasteiger partial charge in [-0.3, -0.25) is 0 Å². The first-order chi connectivity index (χ1) is 7.60. The van der Waals surface area contributed by atoms with Gasteiger partial charge in [-0.25, -0.2) is 4.39 Å². The van der Waals surface area contributed by atoms with E-state index in [1.54, 1.807) is 19.1 Å². The minimum absolute atomic E-state index is 0.0931. The molecule has 1 saturated heterocycles. The highest BCUT2D eigenvalue weighted by molar-refractivity contribution is 5.42. The molecular formula is C13H19FN2. The van der Waals surface area contributed by atoms with Crippen LogP contribution in [0.4, 0.5) is 10.1 Å². The summed E-state index contributed by atoms with van der Waals surface area (Å²) in [4.78, 5) is 0. The maximum Gasteiger partial charge on any atom is 0.136 e. The van der Waals surface area contributed by atoms with E-state index in [0.29, 0.717) is 11.3 Å². The maximum absolute atomic E-state index is 14.8. The van der Waals surface area contributed by atoms with Crippen molar-refractivity contribution in [1.82, 2.24) is 5.32 Å². The molecule has 88 valence electrons. The van der Waals surface area contributed by atoms with Crippen molar-refractivity contribution >= 4 is 5.69 Å². The molecule has 1 heterocycles. The lowest BCUT2D eigenvalue weighted by Gasteiger charge is -2.34. The molecule has 0 saturated carbocycles. The Morgan fingerprint density at radius 2 is 2.06 bits per heavy atom. The molecule has 0 aliphatic carbocycles. The molecule has 0 amide bonds. The molecule has 1 aliphatic heterocycles. The number of rotatable bonds is 2. The van der Waals surface area contributed by atoms with E-state index < -0.39 is 5.67 Å². The van der Waals surface area contributed by atoms with E-state index >= 15 is 0 Å². The Labute approximate surface area is 96.0 Å². The Hall–Kier alpha value is -1.09. The highest BCUT2D eigenvalue weighted by Gasteiger charge is 2.36. The van der Waals surface area contributed by atoms with Crippen LogP contribution >= 0.6 is 0 Å². The summed E-state index contributed by atoms with van der Waals surface area (Å²) < 4.78 is 14.8. The van der Waals surface area contributed by atoms with Gasteiger partial charge in [0.15, 0.2) is 0 Å². The molecule has 0 aromatic heterocycles. The number of benzene rings is 1. The fourth-order valence-corrected chi connectivity index (χ4v) is 2.44. The van der Waals surface area contributed by atoms with Crippen LogP contribution in [-0.2, 0) is 5.67 Å². The third-order valence-corrected chi connectivity index (χ3v) is 3.56. The molecule has 16 heavy (non-hydrogen) atoms. The quantitative estimate of drug-likeness (QED) is 0.754. The van der Waals surface area contributed by atoms with Gasteiger partial charge in [0.05, 0.1) is 0 Å². The topological polar surface area (TPSA) is 38.0 Å². The molecule has 1 fully saturated rings. The second-order valence-corrected chi connectivity index (χ2v) is 4.73. The average Bonchev–Trinajstić information content (AvgIpc) is 2.30. The van der Waals surface area contributed by atoms with E-state index in [0.717, 1.165) is 25.9 Å². The van der Waals surface area contributed by atoms with Gasteiger partial charge in [-0.05, 0) is 56.5 Å². The van der Waals surface area contributed by atoms with Gasteiger partial charge in [0, 0.05) is 5.69 Å². The van der Waals surface area contributed by atoms with E-state index in [1.165, 1.54) is 0 Å². The van der Waals surface area contributed by atoms with Crippen LogP contribution in [0.25, 0.3) is 0 Å². The van der Waals surface area contributed by atoms with Crippen LogP contribution in [0.2, 0.25) is 0 Å². The van der Waals surface area contributed by atoms with Crippen LogP contribution in [0.1, 0.15) is 25.3 Å². The molecular weight excluding hydrogens is 203 g/mol. The first-order valence-corrected chi connectivity index (χ1v) is 5.86. The van der Waals surface area contributed by atoms with E-state index in [2.05, 4.69) is 5.32 Å². The normalized spacial score (nSPS) is 21.6. The minimum Gasteiger partial charge on any atom is -0.399 e. The lowest BCUT2D eigenvalue weighted by Crippen LogP contribution is -2.37. The molecule has 1 atom stereocenters. The van der Waals surface area contributed by atoms with Crippen molar-refractivity contribution in [3.05, 3.63) is 29.8 Å². The van der Waals surface area contributed by atoms with Gasteiger partial charge in [-0.2, -0.15) is 0 Å². The zero-order chi connectivity index (χ0) is 11.6. The number of piperidine rings is 1. The van der Waals surface area contributed by atoms with Crippen molar-refractivity contribution in [1.29, 1.82) is 0 Å². The van der Waals surface area contributed by atoms with Gasteiger partial charge in [-0.15, -0.1) is 0 Å². The van der Waals surface area contributed by atoms with Gasteiger partial charge in [-0.1, -0.05) is 12.1 Å². The number of halogens is 1. The number of nitrogens with one attached hydrogen (secondary N) is 1. The summed E-state index contributed by atoms with van der Waals surface area (Å²) in [7, 11) is 0. The number of alkyl halides is 1.